The van der Waals surface area contributed by atoms with E-state index in [0.717, 1.165) is 21.8 Å². The summed E-state index contributed by atoms with van der Waals surface area (Å²) < 4.78 is 0. The lowest BCUT2D eigenvalue weighted by molar-refractivity contribution is -0.137. The number of likely N-dealkylation sites (N-methyl/N-ethyl adjacent to an activating group) is 1. The predicted octanol–water partition coefficient (Wildman–Crippen LogP) is 1.48. The number of aliphatic carboxylic acids is 1. The van der Waals surface area contributed by atoms with Crippen LogP contribution in [0, 0.1) is 0 Å². The molecule has 1 heterocycles. The standard InChI is InChI=1S/C15H15N3O4S/c1-18(8-13(20)21)14(22)11-9-23-15(16-11)17-12(19)7-10-5-3-2-4-6-10/h2-6,9H,7-8H2,1H3,(H,20,21)(H,16,17,19). The Kier molecular flexibility index (Phi) is 5.42. The number of benzene rings is 1. The molecule has 1 aromatic heterocycles. The van der Waals surface area contributed by atoms with E-state index in [1.807, 2.05) is 30.3 Å². The fourth-order valence-electron chi connectivity index (χ4n) is 1.84. The second-order valence-electron chi connectivity index (χ2n) is 4.80. The molecule has 2 amide bonds. The number of carbonyl (C=O) groups excluding carboxylic acids is 2. The van der Waals surface area contributed by atoms with Crippen molar-refractivity contribution in [2.75, 3.05) is 18.9 Å². The molecule has 7 nitrogen and oxygen atoms in total. The lowest BCUT2D eigenvalue weighted by Gasteiger charge is -2.12. The average molecular weight is 333 g/mol. The third-order valence-electron chi connectivity index (χ3n) is 2.90. The molecule has 0 fully saturated rings. The third kappa shape index (κ3) is 4.89. The molecule has 2 N–H and O–H groups in total. The molecule has 0 bridgehead atoms. The first-order chi connectivity index (χ1) is 11.0. The summed E-state index contributed by atoms with van der Waals surface area (Å²) in [5.41, 5.74) is 0.979. The molecule has 0 aliphatic carbocycles. The number of aromatic nitrogens is 1. The van der Waals surface area contributed by atoms with Crippen molar-refractivity contribution in [1.29, 1.82) is 0 Å². The van der Waals surface area contributed by atoms with Crippen LogP contribution in [0.4, 0.5) is 5.13 Å². The van der Waals surface area contributed by atoms with Crippen LogP contribution >= 0.6 is 11.3 Å². The number of nitrogens with zero attached hydrogens (tertiary/aromatic N) is 2. The summed E-state index contributed by atoms with van der Waals surface area (Å²) in [6.07, 6.45) is 0.211. The molecule has 0 radical (unpaired) electrons. The molecule has 0 unspecified atom stereocenters. The molecule has 0 aliphatic rings. The number of anilines is 1. The maximum Gasteiger partial charge on any atom is 0.323 e. The van der Waals surface area contributed by atoms with Gasteiger partial charge in [-0.2, -0.15) is 0 Å². The fraction of sp³-hybridized carbons (Fsp3) is 0.200. The highest BCUT2D eigenvalue weighted by Gasteiger charge is 2.18. The van der Waals surface area contributed by atoms with E-state index in [0.29, 0.717) is 5.13 Å². The van der Waals surface area contributed by atoms with Gasteiger partial charge in [-0.1, -0.05) is 30.3 Å². The largest absolute Gasteiger partial charge is 0.480 e. The minimum Gasteiger partial charge on any atom is -0.480 e. The highest BCUT2D eigenvalue weighted by Crippen LogP contribution is 2.17. The van der Waals surface area contributed by atoms with Crippen molar-refractivity contribution < 1.29 is 19.5 Å². The van der Waals surface area contributed by atoms with E-state index in [4.69, 9.17) is 5.11 Å². The van der Waals surface area contributed by atoms with Crippen molar-refractivity contribution in [3.63, 3.8) is 0 Å². The first kappa shape index (κ1) is 16.6. The molecule has 23 heavy (non-hydrogen) atoms. The van der Waals surface area contributed by atoms with Gasteiger partial charge in [0, 0.05) is 12.4 Å². The van der Waals surface area contributed by atoms with Crippen molar-refractivity contribution in [2.24, 2.45) is 0 Å². The number of carbonyl (C=O) groups is 3. The van der Waals surface area contributed by atoms with Gasteiger partial charge in [0.05, 0.1) is 6.42 Å². The maximum absolute atomic E-state index is 12.0. The Morgan fingerprint density at radius 1 is 1.26 bits per heavy atom. The van der Waals surface area contributed by atoms with Gasteiger partial charge >= 0.3 is 5.97 Å². The normalized spacial score (nSPS) is 10.1. The first-order valence-corrected chi connectivity index (χ1v) is 7.60. The minimum absolute atomic E-state index is 0.105. The van der Waals surface area contributed by atoms with E-state index in [1.54, 1.807) is 0 Å². The van der Waals surface area contributed by atoms with Gasteiger partial charge < -0.3 is 15.3 Å². The Hall–Kier alpha value is -2.74. The molecule has 2 rings (SSSR count). The lowest BCUT2D eigenvalue weighted by Crippen LogP contribution is -2.32. The lowest BCUT2D eigenvalue weighted by atomic mass is 10.1. The number of hydrogen-bond donors (Lipinski definition) is 2. The summed E-state index contributed by atoms with van der Waals surface area (Å²) in [5.74, 6) is -1.84. The van der Waals surface area contributed by atoms with Crippen LogP contribution in [-0.4, -0.2) is 46.4 Å². The summed E-state index contributed by atoms with van der Waals surface area (Å²) in [5, 5.41) is 13.1. The van der Waals surface area contributed by atoms with Crippen LogP contribution in [0.2, 0.25) is 0 Å². The molecule has 0 spiro atoms. The zero-order valence-corrected chi connectivity index (χ0v) is 13.2. The quantitative estimate of drug-likeness (QED) is 0.834. The SMILES string of the molecule is CN(CC(=O)O)C(=O)c1csc(NC(=O)Cc2ccccc2)n1. The summed E-state index contributed by atoms with van der Waals surface area (Å²) in [6.45, 7) is -0.411. The van der Waals surface area contributed by atoms with Gasteiger partial charge in [-0.25, -0.2) is 4.98 Å². The molecular weight excluding hydrogens is 318 g/mol. The summed E-state index contributed by atoms with van der Waals surface area (Å²) in [7, 11) is 1.38. The fourth-order valence-corrected chi connectivity index (χ4v) is 2.54. The van der Waals surface area contributed by atoms with Gasteiger partial charge in [0.1, 0.15) is 12.2 Å². The van der Waals surface area contributed by atoms with E-state index in [9.17, 15) is 14.4 Å². The Labute approximate surface area is 136 Å². The molecule has 120 valence electrons. The molecule has 0 aliphatic heterocycles. The number of amides is 2. The Morgan fingerprint density at radius 3 is 2.61 bits per heavy atom. The maximum atomic E-state index is 12.0. The molecular formula is C15H15N3O4S. The van der Waals surface area contributed by atoms with Crippen LogP contribution in [0.1, 0.15) is 16.1 Å². The molecule has 0 atom stereocenters. The molecule has 8 heteroatoms. The predicted molar refractivity (Wildman–Crippen MR) is 85.5 cm³/mol. The zero-order valence-electron chi connectivity index (χ0n) is 12.4. The number of thiazole rings is 1. The topological polar surface area (TPSA) is 99.6 Å². The second kappa shape index (κ2) is 7.50. The second-order valence-corrected chi connectivity index (χ2v) is 5.66. The van der Waals surface area contributed by atoms with Crippen molar-refractivity contribution in [2.45, 2.75) is 6.42 Å². The highest BCUT2D eigenvalue weighted by molar-refractivity contribution is 7.14. The Bertz CT molecular complexity index is 715. The smallest absolute Gasteiger partial charge is 0.323 e. The van der Waals surface area contributed by atoms with Gasteiger partial charge in [0.25, 0.3) is 5.91 Å². The van der Waals surface area contributed by atoms with Crippen LogP contribution < -0.4 is 5.32 Å². The Balaban J connectivity index is 1.95. The van der Waals surface area contributed by atoms with Crippen LogP contribution in [0.15, 0.2) is 35.7 Å². The van der Waals surface area contributed by atoms with Gasteiger partial charge in [-0.05, 0) is 5.56 Å². The average Bonchev–Trinajstić information content (AvgIpc) is 2.95. The number of carboxylic acids is 1. The summed E-state index contributed by atoms with van der Waals surface area (Å²) >= 11 is 1.12. The van der Waals surface area contributed by atoms with Gasteiger partial charge in [-0.15, -0.1) is 11.3 Å². The van der Waals surface area contributed by atoms with E-state index in [-0.39, 0.29) is 18.0 Å². The summed E-state index contributed by atoms with van der Waals surface area (Å²) in [6, 6.07) is 9.25. The minimum atomic E-state index is -1.10. The van der Waals surface area contributed by atoms with Crippen LogP contribution in [0.5, 0.6) is 0 Å². The molecule has 2 aromatic rings. The molecule has 1 aromatic carbocycles. The van der Waals surface area contributed by atoms with Crippen molar-refractivity contribution in [3.8, 4) is 0 Å². The van der Waals surface area contributed by atoms with E-state index in [1.165, 1.54) is 12.4 Å². The van der Waals surface area contributed by atoms with Gasteiger partial charge in [0.2, 0.25) is 5.91 Å². The van der Waals surface area contributed by atoms with Crippen molar-refractivity contribution in [1.82, 2.24) is 9.88 Å². The van der Waals surface area contributed by atoms with E-state index >= 15 is 0 Å². The van der Waals surface area contributed by atoms with Crippen LogP contribution in [0.3, 0.4) is 0 Å². The number of hydrogen-bond acceptors (Lipinski definition) is 5. The third-order valence-corrected chi connectivity index (χ3v) is 3.65. The number of nitrogens with one attached hydrogen (secondary N) is 1. The molecule has 0 saturated carbocycles. The van der Waals surface area contributed by atoms with E-state index in [2.05, 4.69) is 10.3 Å². The zero-order chi connectivity index (χ0) is 16.8. The van der Waals surface area contributed by atoms with E-state index < -0.39 is 18.4 Å². The van der Waals surface area contributed by atoms with Crippen molar-refractivity contribution in [3.05, 3.63) is 47.0 Å². The highest BCUT2D eigenvalue weighted by atomic mass is 32.1. The monoisotopic (exact) mass is 333 g/mol. The van der Waals surface area contributed by atoms with Crippen LogP contribution in [-0.2, 0) is 16.0 Å². The number of rotatable bonds is 6. The first-order valence-electron chi connectivity index (χ1n) is 6.72. The number of carboxylic acid groups (broad SMARTS) is 1. The molecule has 0 saturated heterocycles. The Morgan fingerprint density at radius 2 is 1.96 bits per heavy atom. The summed E-state index contributed by atoms with van der Waals surface area (Å²) in [4.78, 5) is 39.6. The van der Waals surface area contributed by atoms with Crippen LogP contribution in [0.25, 0.3) is 0 Å². The van der Waals surface area contributed by atoms with Gasteiger partial charge in [-0.3, -0.25) is 14.4 Å². The van der Waals surface area contributed by atoms with Gasteiger partial charge in [0.15, 0.2) is 5.13 Å². The van der Waals surface area contributed by atoms with Crippen molar-refractivity contribution >= 4 is 34.3 Å².